The fraction of sp³-hybridized carbons (Fsp3) is 0.375. The van der Waals surface area contributed by atoms with Gasteiger partial charge in [-0.05, 0) is 58.0 Å². The number of benzene rings is 1. The molecule has 114 valence electrons. The Bertz CT molecular complexity index is 585. The van der Waals surface area contributed by atoms with Gasteiger partial charge in [0, 0.05) is 9.35 Å². The topological polar surface area (TPSA) is 30.5 Å². The Hall–Kier alpha value is -1.04. The molecule has 0 saturated carbocycles. The molecule has 1 unspecified atom stereocenters. The monoisotopic (exact) mass is 369 g/mol. The van der Waals surface area contributed by atoms with E-state index in [1.165, 1.54) is 10.4 Å². The van der Waals surface area contributed by atoms with Gasteiger partial charge < -0.3 is 14.8 Å². The first-order valence-corrected chi connectivity index (χ1v) is 8.56. The number of thiophene rings is 1. The number of nitrogens with one attached hydrogen (secondary N) is 1. The zero-order valence-corrected chi connectivity index (χ0v) is 14.9. The minimum absolute atomic E-state index is 0.152. The molecule has 0 radical (unpaired) electrons. The van der Waals surface area contributed by atoms with Crippen LogP contribution in [0.1, 0.15) is 29.8 Å². The van der Waals surface area contributed by atoms with E-state index in [1.807, 2.05) is 12.1 Å². The molecule has 1 atom stereocenters. The second kappa shape index (κ2) is 7.82. The number of ether oxygens (including phenoxy) is 2. The summed E-state index contributed by atoms with van der Waals surface area (Å²) in [4.78, 5) is 1.27. The van der Waals surface area contributed by atoms with Gasteiger partial charge in [-0.2, -0.15) is 0 Å². The summed E-state index contributed by atoms with van der Waals surface area (Å²) in [5, 5.41) is 5.70. The van der Waals surface area contributed by atoms with Crippen molar-refractivity contribution >= 4 is 27.3 Å². The highest BCUT2D eigenvalue weighted by Gasteiger charge is 2.19. The van der Waals surface area contributed by atoms with Gasteiger partial charge in [-0.15, -0.1) is 11.3 Å². The summed E-state index contributed by atoms with van der Waals surface area (Å²) in [5.41, 5.74) is 1.17. The molecule has 0 aliphatic heterocycles. The van der Waals surface area contributed by atoms with Crippen LogP contribution in [0.3, 0.4) is 0 Å². The van der Waals surface area contributed by atoms with E-state index in [4.69, 9.17) is 9.47 Å². The summed E-state index contributed by atoms with van der Waals surface area (Å²) in [5.74, 6) is 1.51. The second-order valence-corrected chi connectivity index (χ2v) is 6.44. The minimum Gasteiger partial charge on any atom is -0.493 e. The predicted octanol–water partition coefficient (Wildman–Crippen LogP) is 4.62. The van der Waals surface area contributed by atoms with Crippen LogP contribution in [-0.4, -0.2) is 20.8 Å². The molecular weight excluding hydrogens is 350 g/mol. The van der Waals surface area contributed by atoms with Crippen LogP contribution >= 0.6 is 27.3 Å². The smallest absolute Gasteiger partial charge is 0.161 e. The average molecular weight is 370 g/mol. The molecular formula is C16H20BrNO2S. The van der Waals surface area contributed by atoms with Gasteiger partial charge in [0.15, 0.2) is 11.5 Å². The SMILES string of the molecule is CCCNC(c1ccc(OC)c(OC)c1)c1sccc1Br. The molecule has 0 fully saturated rings. The van der Waals surface area contributed by atoms with Crippen molar-refractivity contribution in [1.29, 1.82) is 0 Å². The van der Waals surface area contributed by atoms with Crippen LogP contribution in [0.15, 0.2) is 34.1 Å². The highest BCUT2D eigenvalue weighted by Crippen LogP contribution is 2.36. The van der Waals surface area contributed by atoms with Gasteiger partial charge in [-0.3, -0.25) is 0 Å². The van der Waals surface area contributed by atoms with E-state index in [9.17, 15) is 0 Å². The van der Waals surface area contributed by atoms with Crippen molar-refractivity contribution in [2.45, 2.75) is 19.4 Å². The number of hydrogen-bond donors (Lipinski definition) is 1. The van der Waals surface area contributed by atoms with Gasteiger partial charge in [0.2, 0.25) is 0 Å². The summed E-state index contributed by atoms with van der Waals surface area (Å²) in [6, 6.07) is 8.32. The van der Waals surface area contributed by atoms with Gasteiger partial charge in [0.1, 0.15) is 0 Å². The van der Waals surface area contributed by atoms with Crippen molar-refractivity contribution in [3.8, 4) is 11.5 Å². The molecule has 1 N–H and O–H groups in total. The number of hydrogen-bond acceptors (Lipinski definition) is 4. The summed E-state index contributed by atoms with van der Waals surface area (Å²) in [6.45, 7) is 3.13. The van der Waals surface area contributed by atoms with E-state index >= 15 is 0 Å². The fourth-order valence-electron chi connectivity index (χ4n) is 2.19. The molecule has 2 rings (SSSR count). The number of rotatable bonds is 7. The zero-order valence-electron chi connectivity index (χ0n) is 12.5. The summed E-state index contributed by atoms with van der Waals surface area (Å²) in [6.07, 6.45) is 1.09. The lowest BCUT2D eigenvalue weighted by Crippen LogP contribution is -2.22. The minimum atomic E-state index is 0.152. The Morgan fingerprint density at radius 3 is 2.52 bits per heavy atom. The van der Waals surface area contributed by atoms with E-state index in [0.29, 0.717) is 0 Å². The van der Waals surface area contributed by atoms with Gasteiger partial charge in [-0.1, -0.05) is 13.0 Å². The molecule has 0 aliphatic carbocycles. The van der Waals surface area contributed by atoms with Crippen LogP contribution < -0.4 is 14.8 Å². The van der Waals surface area contributed by atoms with Gasteiger partial charge in [0.25, 0.3) is 0 Å². The lowest BCUT2D eigenvalue weighted by Gasteiger charge is -2.20. The number of methoxy groups -OCH3 is 2. The van der Waals surface area contributed by atoms with Crippen molar-refractivity contribution in [3.63, 3.8) is 0 Å². The quantitative estimate of drug-likeness (QED) is 0.772. The van der Waals surface area contributed by atoms with Crippen molar-refractivity contribution < 1.29 is 9.47 Å². The first-order valence-electron chi connectivity index (χ1n) is 6.89. The van der Waals surface area contributed by atoms with E-state index in [0.717, 1.165) is 28.9 Å². The summed E-state index contributed by atoms with van der Waals surface area (Å²) >= 11 is 5.38. The van der Waals surface area contributed by atoms with Gasteiger partial charge in [-0.25, -0.2) is 0 Å². The maximum absolute atomic E-state index is 5.42. The van der Waals surface area contributed by atoms with Crippen LogP contribution in [0.5, 0.6) is 11.5 Å². The molecule has 0 saturated heterocycles. The second-order valence-electron chi connectivity index (χ2n) is 4.63. The summed E-state index contributed by atoms with van der Waals surface area (Å²) < 4.78 is 11.9. The Morgan fingerprint density at radius 2 is 1.95 bits per heavy atom. The number of halogens is 1. The summed E-state index contributed by atoms with van der Waals surface area (Å²) in [7, 11) is 3.32. The van der Waals surface area contributed by atoms with Crippen molar-refractivity contribution in [3.05, 3.63) is 44.6 Å². The lowest BCUT2D eigenvalue weighted by atomic mass is 10.0. The van der Waals surface area contributed by atoms with Gasteiger partial charge in [0.05, 0.1) is 20.3 Å². The maximum atomic E-state index is 5.42. The Balaban J connectivity index is 2.39. The Kier molecular flexibility index (Phi) is 6.08. The Labute approximate surface area is 138 Å². The largest absolute Gasteiger partial charge is 0.493 e. The molecule has 1 aromatic heterocycles. The van der Waals surface area contributed by atoms with Gasteiger partial charge >= 0.3 is 0 Å². The van der Waals surface area contributed by atoms with E-state index in [-0.39, 0.29) is 6.04 Å². The van der Waals surface area contributed by atoms with Crippen LogP contribution in [0.25, 0.3) is 0 Å². The zero-order chi connectivity index (χ0) is 15.2. The maximum Gasteiger partial charge on any atom is 0.161 e. The standard InChI is InChI=1S/C16H20BrNO2S/c1-4-8-18-15(16-12(17)7-9-21-16)11-5-6-13(19-2)14(10-11)20-3/h5-7,9-10,15,18H,4,8H2,1-3H3. The van der Waals surface area contributed by atoms with E-state index < -0.39 is 0 Å². The molecule has 3 nitrogen and oxygen atoms in total. The lowest BCUT2D eigenvalue weighted by molar-refractivity contribution is 0.354. The first kappa shape index (κ1) is 16.3. The molecule has 21 heavy (non-hydrogen) atoms. The van der Waals surface area contributed by atoms with Crippen molar-refractivity contribution in [2.75, 3.05) is 20.8 Å². The molecule has 0 amide bonds. The molecule has 0 bridgehead atoms. The predicted molar refractivity (Wildman–Crippen MR) is 91.7 cm³/mol. The molecule has 5 heteroatoms. The third kappa shape index (κ3) is 3.78. The van der Waals surface area contributed by atoms with Crippen LogP contribution in [0.2, 0.25) is 0 Å². The van der Waals surface area contributed by atoms with Crippen molar-refractivity contribution in [2.24, 2.45) is 0 Å². The van der Waals surface area contributed by atoms with E-state index in [1.54, 1.807) is 25.6 Å². The van der Waals surface area contributed by atoms with E-state index in [2.05, 4.69) is 45.7 Å². The fourth-order valence-corrected chi connectivity index (χ4v) is 3.90. The molecule has 0 spiro atoms. The molecule has 1 heterocycles. The first-order chi connectivity index (χ1) is 10.2. The highest BCUT2D eigenvalue weighted by molar-refractivity contribution is 9.10. The van der Waals surface area contributed by atoms with Crippen LogP contribution in [0.4, 0.5) is 0 Å². The van der Waals surface area contributed by atoms with Crippen molar-refractivity contribution in [1.82, 2.24) is 5.32 Å². The third-order valence-electron chi connectivity index (χ3n) is 3.25. The van der Waals surface area contributed by atoms with Crippen LogP contribution in [-0.2, 0) is 0 Å². The normalized spacial score (nSPS) is 12.2. The Morgan fingerprint density at radius 1 is 1.19 bits per heavy atom. The average Bonchev–Trinajstić information content (AvgIpc) is 2.93. The molecule has 2 aromatic rings. The van der Waals surface area contributed by atoms with Crippen LogP contribution in [0, 0.1) is 0 Å². The third-order valence-corrected chi connectivity index (χ3v) is 5.18. The highest BCUT2D eigenvalue weighted by atomic mass is 79.9. The molecule has 0 aliphatic rings. The molecule has 1 aromatic carbocycles.